The topological polar surface area (TPSA) is 98.2 Å². The number of esters is 1. The van der Waals surface area contributed by atoms with E-state index in [1.807, 2.05) is 6.92 Å². The van der Waals surface area contributed by atoms with Gasteiger partial charge in [0, 0.05) is 32.3 Å². The Labute approximate surface area is 201 Å². The van der Waals surface area contributed by atoms with Crippen LogP contribution in [0, 0.1) is 5.92 Å². The Kier molecular flexibility index (Phi) is 10.9. The number of rotatable bonds is 13. The van der Waals surface area contributed by atoms with Crippen LogP contribution >= 0.6 is 0 Å². The molecule has 0 aromatic heterocycles. The van der Waals surface area contributed by atoms with E-state index in [1.165, 1.54) is 6.92 Å². The highest BCUT2D eigenvalue weighted by atomic mass is 28.4. The van der Waals surface area contributed by atoms with Crippen molar-refractivity contribution in [3.63, 3.8) is 0 Å². The summed E-state index contributed by atoms with van der Waals surface area (Å²) in [6.07, 6.45) is 1.09. The monoisotopic (exact) mass is 480 g/mol. The van der Waals surface area contributed by atoms with E-state index in [0.717, 1.165) is 11.8 Å². The lowest BCUT2D eigenvalue weighted by Crippen LogP contribution is -2.48. The Bertz CT molecular complexity index is 738. The number of carbonyl (C=O) groups excluding carboxylic acids is 2. The highest BCUT2D eigenvalue weighted by molar-refractivity contribution is 6.77. The zero-order valence-corrected chi connectivity index (χ0v) is 23.0. The molecule has 1 fully saturated rings. The molecule has 1 aliphatic rings. The third-order valence-electron chi connectivity index (χ3n) is 7.17. The molecule has 0 aromatic carbocycles. The molecule has 0 amide bonds. The second kappa shape index (κ2) is 12.2. The molecule has 33 heavy (non-hydrogen) atoms. The van der Waals surface area contributed by atoms with Gasteiger partial charge < -0.3 is 19.4 Å². The predicted molar refractivity (Wildman–Crippen MR) is 133 cm³/mol. The maximum atomic E-state index is 11.8. The normalized spacial score (nSPS) is 24.1. The summed E-state index contributed by atoms with van der Waals surface area (Å²) in [4.78, 5) is 26.4. The average Bonchev–Trinajstić information content (AvgIpc) is 3.00. The quantitative estimate of drug-likeness (QED) is 0.0865. The molecule has 1 aliphatic heterocycles. The van der Waals surface area contributed by atoms with Gasteiger partial charge in [-0.1, -0.05) is 55.0 Å². The van der Waals surface area contributed by atoms with Gasteiger partial charge in [0.2, 0.25) is 5.78 Å². The van der Waals surface area contributed by atoms with E-state index in [4.69, 9.17) is 19.4 Å². The molecule has 0 spiro atoms. The van der Waals surface area contributed by atoms with Gasteiger partial charge in [0.25, 0.3) is 0 Å². The predicted octanol–water partition coefficient (Wildman–Crippen LogP) is 5.50. The minimum absolute atomic E-state index is 0.0709. The molecule has 188 valence electrons. The summed E-state index contributed by atoms with van der Waals surface area (Å²) in [6, 6.07) is 0. The SMILES string of the molecule is C=C([C@H](C)CO[Si](C(C)C)(C(C)C)C(C)C)[C@H]1C[C@@](C)(OC(C)=O)[C@@H](CCC(=O)C=[N+]=[N-])O1. The standard InChI is InChI=1S/C25H44N2O5Si/c1-16(2)33(17(3)4,18(5)6)30-15-19(7)20(8)23-13-25(10,32-21(9)28)24(31-23)12-11-22(29)14-27-26/h14,16-19,23-24H,8,11-13,15H2,1-7,9-10H3/t19-,23-,24-,25-/m1/s1. The van der Waals surface area contributed by atoms with Crippen molar-refractivity contribution >= 4 is 26.3 Å². The highest BCUT2D eigenvalue weighted by Crippen LogP contribution is 2.44. The molecule has 1 saturated heterocycles. The zero-order valence-electron chi connectivity index (χ0n) is 22.0. The van der Waals surface area contributed by atoms with Gasteiger partial charge in [0.15, 0.2) is 8.32 Å². The number of Topliss-reactive ketones (excluding diaryl/α,β-unsaturated/α-hetero) is 1. The van der Waals surface area contributed by atoms with Crippen molar-refractivity contribution in [1.82, 2.24) is 0 Å². The number of hydrogen-bond acceptors (Lipinski definition) is 5. The first kappa shape index (κ1) is 29.4. The molecule has 0 unspecified atom stereocenters. The first-order valence-electron chi connectivity index (χ1n) is 12.1. The number of nitrogens with zero attached hydrogens (tertiary/aromatic N) is 2. The average molecular weight is 481 g/mol. The number of ketones is 1. The molecular weight excluding hydrogens is 436 g/mol. The van der Waals surface area contributed by atoms with Crippen LogP contribution in [0.25, 0.3) is 5.53 Å². The zero-order chi connectivity index (χ0) is 25.6. The number of ether oxygens (including phenoxy) is 2. The molecule has 0 bridgehead atoms. The van der Waals surface area contributed by atoms with Crippen molar-refractivity contribution in [3.8, 4) is 0 Å². The number of hydrogen-bond donors (Lipinski definition) is 0. The first-order chi connectivity index (χ1) is 15.2. The van der Waals surface area contributed by atoms with Crippen LogP contribution in [0.2, 0.25) is 16.6 Å². The molecule has 1 heterocycles. The van der Waals surface area contributed by atoms with Crippen molar-refractivity contribution in [2.24, 2.45) is 5.92 Å². The summed E-state index contributed by atoms with van der Waals surface area (Å²) in [5.74, 6) is -0.632. The molecule has 0 saturated carbocycles. The van der Waals surface area contributed by atoms with E-state index in [9.17, 15) is 9.59 Å². The van der Waals surface area contributed by atoms with Crippen molar-refractivity contribution in [2.45, 2.75) is 116 Å². The van der Waals surface area contributed by atoms with Gasteiger partial charge in [-0.2, -0.15) is 4.79 Å². The van der Waals surface area contributed by atoms with Crippen molar-refractivity contribution in [2.75, 3.05) is 6.61 Å². The lowest BCUT2D eigenvalue weighted by atomic mass is 9.88. The van der Waals surface area contributed by atoms with E-state index >= 15 is 0 Å². The Balaban J connectivity index is 2.96. The molecule has 0 aliphatic carbocycles. The van der Waals surface area contributed by atoms with Crippen molar-refractivity contribution < 1.29 is 28.3 Å². The highest BCUT2D eigenvalue weighted by Gasteiger charge is 2.49. The minimum Gasteiger partial charge on any atom is -0.457 e. The van der Waals surface area contributed by atoms with Crippen LogP contribution in [0.5, 0.6) is 0 Å². The van der Waals surface area contributed by atoms with Gasteiger partial charge >= 0.3 is 12.2 Å². The molecular formula is C25H44N2O5Si. The van der Waals surface area contributed by atoms with Crippen LogP contribution in [-0.4, -0.2) is 55.5 Å². The summed E-state index contributed by atoms with van der Waals surface area (Å²) < 4.78 is 18.7. The lowest BCUT2D eigenvalue weighted by molar-refractivity contribution is -0.161. The van der Waals surface area contributed by atoms with Crippen LogP contribution in [0.15, 0.2) is 12.2 Å². The summed E-state index contributed by atoms with van der Waals surface area (Å²) >= 11 is 0. The van der Waals surface area contributed by atoms with Crippen LogP contribution < -0.4 is 0 Å². The Morgan fingerprint density at radius 2 is 1.73 bits per heavy atom. The van der Waals surface area contributed by atoms with E-state index in [-0.39, 0.29) is 24.2 Å². The van der Waals surface area contributed by atoms with E-state index in [1.54, 1.807) is 0 Å². The summed E-state index contributed by atoms with van der Waals surface area (Å²) in [7, 11) is -1.99. The van der Waals surface area contributed by atoms with Gasteiger partial charge in [-0.15, -0.1) is 0 Å². The van der Waals surface area contributed by atoms with E-state index in [2.05, 4.69) is 59.8 Å². The summed E-state index contributed by atoms with van der Waals surface area (Å²) in [5.41, 5.74) is 10.1. The first-order valence-corrected chi connectivity index (χ1v) is 14.2. The number of carbonyl (C=O) groups is 2. The van der Waals surface area contributed by atoms with Gasteiger partial charge in [0.05, 0.1) is 12.2 Å². The van der Waals surface area contributed by atoms with Crippen molar-refractivity contribution in [3.05, 3.63) is 17.7 Å². The van der Waals surface area contributed by atoms with Gasteiger partial charge in [-0.3, -0.25) is 9.59 Å². The molecule has 0 radical (unpaired) electrons. The Hall–Kier alpha value is -1.60. The van der Waals surface area contributed by atoms with Crippen LogP contribution in [0.4, 0.5) is 0 Å². The Morgan fingerprint density at radius 3 is 2.18 bits per heavy atom. The van der Waals surface area contributed by atoms with Gasteiger partial charge in [-0.05, 0) is 35.5 Å². The third-order valence-corrected chi connectivity index (χ3v) is 13.2. The molecule has 0 N–H and O–H groups in total. The Morgan fingerprint density at radius 1 is 1.18 bits per heavy atom. The fraction of sp³-hybridized carbons (Fsp3) is 0.800. The molecule has 0 aromatic rings. The smallest absolute Gasteiger partial charge is 0.323 e. The third kappa shape index (κ3) is 7.19. The van der Waals surface area contributed by atoms with E-state index < -0.39 is 26.0 Å². The lowest BCUT2D eigenvalue weighted by Gasteiger charge is -2.43. The second-order valence-corrected chi connectivity index (χ2v) is 16.0. The fourth-order valence-electron chi connectivity index (χ4n) is 5.51. The molecule has 1 rings (SSSR count). The summed E-state index contributed by atoms with van der Waals surface area (Å²) in [6.45, 7) is 23.8. The van der Waals surface area contributed by atoms with Crippen LogP contribution in [-0.2, 0) is 23.5 Å². The van der Waals surface area contributed by atoms with Crippen molar-refractivity contribution in [1.29, 1.82) is 0 Å². The summed E-state index contributed by atoms with van der Waals surface area (Å²) in [5, 5.41) is 0. The molecule has 7 nitrogen and oxygen atoms in total. The van der Waals surface area contributed by atoms with E-state index in [0.29, 0.717) is 36.1 Å². The van der Waals surface area contributed by atoms with Gasteiger partial charge in [-0.25, -0.2) is 0 Å². The maximum Gasteiger partial charge on any atom is 0.323 e. The molecule has 4 atom stereocenters. The van der Waals surface area contributed by atoms with Crippen LogP contribution in [0.3, 0.4) is 0 Å². The van der Waals surface area contributed by atoms with Gasteiger partial charge in [0.1, 0.15) is 5.60 Å². The van der Waals surface area contributed by atoms with Crippen LogP contribution in [0.1, 0.15) is 81.6 Å². The largest absolute Gasteiger partial charge is 0.457 e. The fourth-order valence-corrected chi connectivity index (χ4v) is 11.1. The maximum absolute atomic E-state index is 11.8. The molecule has 8 heteroatoms. The minimum atomic E-state index is -1.99. The second-order valence-electron chi connectivity index (χ2n) is 10.6.